The van der Waals surface area contributed by atoms with Gasteiger partial charge in [-0.25, -0.2) is 0 Å². The van der Waals surface area contributed by atoms with Gasteiger partial charge in [0.05, 0.1) is 0 Å². The molecule has 0 aliphatic rings. The molecule has 128 valence electrons. The molecule has 2 aromatic rings. The SMILES string of the molecule is CC(C)[Si](C(C)C)(C(C)C)n1cc(CN(C)C)c2ccccc21. The number of fused-ring (bicyclic) bond motifs is 1. The van der Waals surface area contributed by atoms with Crippen LogP contribution in [0.25, 0.3) is 10.9 Å². The third-order valence-electron chi connectivity index (χ3n) is 5.47. The van der Waals surface area contributed by atoms with E-state index < -0.39 is 8.24 Å². The largest absolute Gasteiger partial charge is 0.373 e. The van der Waals surface area contributed by atoms with Gasteiger partial charge in [-0.05, 0) is 42.3 Å². The van der Waals surface area contributed by atoms with Crippen LogP contribution in [0.2, 0.25) is 16.6 Å². The average Bonchev–Trinajstić information content (AvgIpc) is 2.77. The van der Waals surface area contributed by atoms with E-state index in [2.05, 4.69) is 95.2 Å². The van der Waals surface area contributed by atoms with E-state index in [0.717, 1.165) is 6.54 Å². The van der Waals surface area contributed by atoms with Gasteiger partial charge >= 0.3 is 0 Å². The van der Waals surface area contributed by atoms with Crippen molar-refractivity contribution in [2.45, 2.75) is 64.7 Å². The zero-order valence-electron chi connectivity index (χ0n) is 16.2. The smallest absolute Gasteiger partial charge is 0.169 e. The molecule has 1 aromatic carbocycles. The molecule has 0 radical (unpaired) electrons. The first kappa shape index (κ1) is 18.3. The molecular weight excluding hydrogens is 296 g/mol. The summed E-state index contributed by atoms with van der Waals surface area (Å²) in [5.74, 6) is 0. The lowest BCUT2D eigenvalue weighted by molar-refractivity contribution is 0.404. The summed E-state index contributed by atoms with van der Waals surface area (Å²) in [6.07, 6.45) is 2.48. The highest BCUT2D eigenvalue weighted by molar-refractivity contribution is 6.82. The minimum atomic E-state index is -1.70. The second-order valence-electron chi connectivity index (χ2n) is 8.13. The van der Waals surface area contributed by atoms with Crippen molar-refractivity contribution >= 4 is 19.1 Å². The summed E-state index contributed by atoms with van der Waals surface area (Å²) in [4.78, 5) is 2.27. The molecule has 0 aliphatic carbocycles. The van der Waals surface area contributed by atoms with Crippen molar-refractivity contribution in [2.75, 3.05) is 14.1 Å². The Bertz CT molecular complexity index is 631. The number of hydrogen-bond acceptors (Lipinski definition) is 1. The van der Waals surface area contributed by atoms with Gasteiger partial charge in [-0.2, -0.15) is 0 Å². The van der Waals surface area contributed by atoms with Gasteiger partial charge in [-0.15, -0.1) is 0 Å². The predicted molar refractivity (Wildman–Crippen MR) is 106 cm³/mol. The Kier molecular flexibility index (Phi) is 5.42. The average molecular weight is 331 g/mol. The molecule has 0 N–H and O–H groups in total. The van der Waals surface area contributed by atoms with Gasteiger partial charge in [0, 0.05) is 23.6 Å². The zero-order valence-corrected chi connectivity index (χ0v) is 17.2. The fraction of sp³-hybridized carbons (Fsp3) is 0.600. The summed E-state index contributed by atoms with van der Waals surface area (Å²) >= 11 is 0. The molecule has 0 fully saturated rings. The van der Waals surface area contributed by atoms with E-state index in [4.69, 9.17) is 0 Å². The lowest BCUT2D eigenvalue weighted by atomic mass is 10.2. The van der Waals surface area contributed by atoms with Gasteiger partial charge in [-0.1, -0.05) is 59.7 Å². The topological polar surface area (TPSA) is 8.17 Å². The maximum absolute atomic E-state index is 2.74. The quantitative estimate of drug-likeness (QED) is 0.614. The number of hydrogen-bond donors (Lipinski definition) is 0. The van der Waals surface area contributed by atoms with E-state index in [1.165, 1.54) is 16.5 Å². The zero-order chi connectivity index (χ0) is 17.4. The molecular formula is C20H34N2Si. The maximum Gasteiger partial charge on any atom is 0.169 e. The van der Waals surface area contributed by atoms with E-state index >= 15 is 0 Å². The molecule has 2 rings (SSSR count). The lowest BCUT2D eigenvalue weighted by Gasteiger charge is -2.44. The highest BCUT2D eigenvalue weighted by atomic mass is 28.3. The Morgan fingerprint density at radius 3 is 1.91 bits per heavy atom. The number of aromatic nitrogens is 1. The molecule has 3 heteroatoms. The van der Waals surface area contributed by atoms with Crippen LogP contribution in [0.4, 0.5) is 0 Å². The Labute approximate surface area is 143 Å². The van der Waals surface area contributed by atoms with Crippen LogP contribution in [-0.4, -0.2) is 31.5 Å². The molecule has 2 nitrogen and oxygen atoms in total. The highest BCUT2D eigenvalue weighted by Crippen LogP contribution is 2.44. The van der Waals surface area contributed by atoms with E-state index in [9.17, 15) is 0 Å². The number of benzene rings is 1. The van der Waals surface area contributed by atoms with Crippen molar-refractivity contribution in [3.8, 4) is 0 Å². The van der Waals surface area contributed by atoms with Gasteiger partial charge in [0.15, 0.2) is 8.24 Å². The van der Waals surface area contributed by atoms with Crippen LogP contribution in [-0.2, 0) is 6.54 Å². The van der Waals surface area contributed by atoms with Crippen LogP contribution in [0.3, 0.4) is 0 Å². The molecule has 1 aromatic heterocycles. The van der Waals surface area contributed by atoms with E-state index in [1.54, 1.807) is 0 Å². The number of nitrogens with zero attached hydrogens (tertiary/aromatic N) is 2. The Hall–Kier alpha value is -1.06. The molecule has 0 atom stereocenters. The number of rotatable bonds is 6. The fourth-order valence-electron chi connectivity index (χ4n) is 4.87. The summed E-state index contributed by atoms with van der Waals surface area (Å²) in [6.45, 7) is 15.6. The van der Waals surface area contributed by atoms with Crippen molar-refractivity contribution in [1.82, 2.24) is 9.13 Å². The summed E-state index contributed by atoms with van der Waals surface area (Å²) < 4.78 is 2.74. The van der Waals surface area contributed by atoms with Crippen LogP contribution >= 0.6 is 0 Å². The third kappa shape index (κ3) is 3.01. The summed E-state index contributed by atoms with van der Waals surface area (Å²) in [5.41, 5.74) is 5.04. The molecule has 0 bridgehead atoms. The minimum absolute atomic E-state index is 0.713. The summed E-state index contributed by atoms with van der Waals surface area (Å²) in [6, 6.07) is 8.99. The second kappa shape index (κ2) is 6.82. The minimum Gasteiger partial charge on any atom is -0.373 e. The van der Waals surface area contributed by atoms with E-state index in [1.807, 2.05) is 0 Å². The van der Waals surface area contributed by atoms with E-state index in [0.29, 0.717) is 16.6 Å². The van der Waals surface area contributed by atoms with Gasteiger partial charge in [0.2, 0.25) is 0 Å². The first-order valence-electron chi connectivity index (χ1n) is 8.97. The first-order chi connectivity index (χ1) is 10.7. The monoisotopic (exact) mass is 330 g/mol. The Balaban J connectivity index is 2.79. The van der Waals surface area contributed by atoms with Crippen molar-refractivity contribution < 1.29 is 0 Å². The Morgan fingerprint density at radius 1 is 0.913 bits per heavy atom. The van der Waals surface area contributed by atoms with Crippen LogP contribution < -0.4 is 0 Å². The highest BCUT2D eigenvalue weighted by Gasteiger charge is 2.45. The number of para-hydroxylation sites is 1. The van der Waals surface area contributed by atoms with Crippen LogP contribution in [0.15, 0.2) is 30.5 Å². The first-order valence-corrected chi connectivity index (χ1v) is 11.1. The van der Waals surface area contributed by atoms with Crippen LogP contribution in [0.1, 0.15) is 47.1 Å². The van der Waals surface area contributed by atoms with Gasteiger partial charge in [0.1, 0.15) is 0 Å². The fourth-order valence-corrected chi connectivity index (χ4v) is 11.5. The van der Waals surface area contributed by atoms with Crippen molar-refractivity contribution in [2.24, 2.45) is 0 Å². The molecule has 0 saturated heterocycles. The molecule has 1 heterocycles. The molecule has 0 saturated carbocycles. The van der Waals surface area contributed by atoms with Gasteiger partial charge in [-0.3, -0.25) is 0 Å². The molecule has 23 heavy (non-hydrogen) atoms. The predicted octanol–water partition coefficient (Wildman–Crippen LogP) is 5.73. The molecule has 0 unspecified atom stereocenters. The van der Waals surface area contributed by atoms with Gasteiger partial charge in [0.25, 0.3) is 0 Å². The van der Waals surface area contributed by atoms with Crippen molar-refractivity contribution in [1.29, 1.82) is 0 Å². The maximum atomic E-state index is 2.74. The second-order valence-corrected chi connectivity index (χ2v) is 13.9. The molecule has 0 spiro atoms. The van der Waals surface area contributed by atoms with Crippen molar-refractivity contribution in [3.63, 3.8) is 0 Å². The molecule has 0 aliphatic heterocycles. The van der Waals surface area contributed by atoms with Crippen LogP contribution in [0.5, 0.6) is 0 Å². The Morgan fingerprint density at radius 2 is 1.43 bits per heavy atom. The van der Waals surface area contributed by atoms with E-state index in [-0.39, 0.29) is 0 Å². The third-order valence-corrected chi connectivity index (χ3v) is 12.2. The summed E-state index contributed by atoms with van der Waals surface area (Å²) in [7, 11) is 2.61. The lowest BCUT2D eigenvalue weighted by Crippen LogP contribution is -2.51. The summed E-state index contributed by atoms with van der Waals surface area (Å²) in [5, 5.41) is 1.43. The van der Waals surface area contributed by atoms with Gasteiger partial charge < -0.3 is 9.13 Å². The normalized spacial score (nSPS) is 13.2. The molecule has 0 amide bonds. The van der Waals surface area contributed by atoms with Crippen LogP contribution in [0, 0.1) is 0 Å². The van der Waals surface area contributed by atoms with Crippen molar-refractivity contribution in [3.05, 3.63) is 36.0 Å². The standard InChI is InChI=1S/C20H34N2Si/c1-15(2)23(16(3)4,17(5)6)22-14-18(13-21(7)8)19-11-9-10-12-20(19)22/h9-12,14-17H,13H2,1-8H3.